The van der Waals surface area contributed by atoms with Gasteiger partial charge in [0, 0.05) is 36.8 Å². The van der Waals surface area contributed by atoms with Crippen molar-refractivity contribution in [3.63, 3.8) is 0 Å². The number of nitrogens with zero attached hydrogens (tertiary/aromatic N) is 2. The minimum Gasteiger partial charge on any atom is -0.354 e. The van der Waals surface area contributed by atoms with E-state index in [1.807, 2.05) is 0 Å². The maximum Gasteiger partial charge on any atom is 0.272 e. The van der Waals surface area contributed by atoms with Crippen molar-refractivity contribution >= 4 is 17.5 Å². The SMILES string of the molecule is Cc1cc(C(=O)N2CCCC(CNC(=O)C3CCCN3)C2)ccc1[N+](=O)[O-]. The van der Waals surface area contributed by atoms with E-state index in [1.165, 1.54) is 12.1 Å². The third-order valence-corrected chi connectivity index (χ3v) is 5.39. The Morgan fingerprint density at radius 1 is 1.33 bits per heavy atom. The number of aryl methyl sites for hydroxylation is 1. The Hall–Kier alpha value is -2.48. The van der Waals surface area contributed by atoms with Gasteiger partial charge < -0.3 is 15.5 Å². The van der Waals surface area contributed by atoms with E-state index in [-0.39, 0.29) is 29.5 Å². The minimum absolute atomic E-state index is 0.0197. The summed E-state index contributed by atoms with van der Waals surface area (Å²) in [6, 6.07) is 4.40. The van der Waals surface area contributed by atoms with Gasteiger partial charge in [0.15, 0.2) is 0 Å². The lowest BCUT2D eigenvalue weighted by Crippen LogP contribution is -2.46. The number of likely N-dealkylation sites (tertiary alicyclic amines) is 1. The van der Waals surface area contributed by atoms with Gasteiger partial charge in [0.1, 0.15) is 0 Å². The van der Waals surface area contributed by atoms with Crippen LogP contribution in [0.4, 0.5) is 5.69 Å². The number of nitrogens with one attached hydrogen (secondary N) is 2. The molecule has 1 aromatic rings. The predicted octanol–water partition coefficient (Wildman–Crippen LogP) is 1.62. The third kappa shape index (κ3) is 4.63. The number of amides is 2. The van der Waals surface area contributed by atoms with Gasteiger partial charge in [-0.3, -0.25) is 19.7 Å². The van der Waals surface area contributed by atoms with Crippen molar-refractivity contribution in [2.24, 2.45) is 5.92 Å². The van der Waals surface area contributed by atoms with Crippen molar-refractivity contribution in [1.82, 2.24) is 15.5 Å². The number of carbonyl (C=O) groups excluding carboxylic acids is 2. The number of benzene rings is 1. The molecule has 1 aromatic carbocycles. The molecule has 2 atom stereocenters. The van der Waals surface area contributed by atoms with Crippen LogP contribution in [0.2, 0.25) is 0 Å². The zero-order valence-corrected chi connectivity index (χ0v) is 15.6. The van der Waals surface area contributed by atoms with E-state index in [1.54, 1.807) is 17.9 Å². The van der Waals surface area contributed by atoms with Crippen molar-refractivity contribution in [1.29, 1.82) is 0 Å². The van der Waals surface area contributed by atoms with Gasteiger partial charge in [0.2, 0.25) is 5.91 Å². The van der Waals surface area contributed by atoms with Crippen LogP contribution in [0.15, 0.2) is 18.2 Å². The molecule has 3 rings (SSSR count). The first-order chi connectivity index (χ1) is 13.0. The van der Waals surface area contributed by atoms with E-state index in [0.29, 0.717) is 30.8 Å². The monoisotopic (exact) mass is 374 g/mol. The summed E-state index contributed by atoms with van der Waals surface area (Å²) in [6.45, 7) is 4.36. The van der Waals surface area contributed by atoms with Crippen LogP contribution in [0.25, 0.3) is 0 Å². The zero-order valence-electron chi connectivity index (χ0n) is 15.6. The first-order valence-electron chi connectivity index (χ1n) is 9.51. The van der Waals surface area contributed by atoms with Gasteiger partial charge in [-0.1, -0.05) is 0 Å². The highest BCUT2D eigenvalue weighted by molar-refractivity contribution is 5.94. The van der Waals surface area contributed by atoms with Gasteiger partial charge in [-0.05, 0) is 57.2 Å². The number of nitro groups is 1. The van der Waals surface area contributed by atoms with Crippen molar-refractivity contribution < 1.29 is 14.5 Å². The first-order valence-corrected chi connectivity index (χ1v) is 9.51. The summed E-state index contributed by atoms with van der Waals surface area (Å²) in [5.41, 5.74) is 0.972. The lowest BCUT2D eigenvalue weighted by Gasteiger charge is -2.33. The van der Waals surface area contributed by atoms with Crippen LogP contribution in [-0.2, 0) is 4.79 Å². The van der Waals surface area contributed by atoms with Crippen LogP contribution in [0.1, 0.15) is 41.6 Å². The Morgan fingerprint density at radius 3 is 2.81 bits per heavy atom. The molecule has 146 valence electrons. The second-order valence-electron chi connectivity index (χ2n) is 7.41. The normalized spacial score (nSPS) is 22.5. The third-order valence-electron chi connectivity index (χ3n) is 5.39. The standard InChI is InChI=1S/C19H26N4O4/c1-13-10-15(6-7-17(13)23(26)27)19(25)22-9-3-4-14(12-22)11-21-18(24)16-5-2-8-20-16/h6-7,10,14,16,20H,2-5,8-9,11-12H2,1H3,(H,21,24). The molecule has 0 aliphatic carbocycles. The minimum atomic E-state index is -0.442. The van der Waals surface area contributed by atoms with Crippen molar-refractivity contribution in [2.75, 3.05) is 26.2 Å². The number of carbonyl (C=O) groups is 2. The van der Waals surface area contributed by atoms with Crippen LogP contribution < -0.4 is 10.6 Å². The fraction of sp³-hybridized carbons (Fsp3) is 0.579. The van der Waals surface area contributed by atoms with Gasteiger partial charge in [0.25, 0.3) is 11.6 Å². The molecular weight excluding hydrogens is 348 g/mol. The molecule has 0 radical (unpaired) electrons. The van der Waals surface area contributed by atoms with E-state index in [0.717, 1.165) is 32.2 Å². The number of rotatable bonds is 5. The Morgan fingerprint density at radius 2 is 2.15 bits per heavy atom. The molecule has 0 bridgehead atoms. The lowest BCUT2D eigenvalue weighted by molar-refractivity contribution is -0.385. The molecule has 0 saturated carbocycles. The van der Waals surface area contributed by atoms with E-state index in [9.17, 15) is 19.7 Å². The van der Waals surface area contributed by atoms with Crippen LogP contribution >= 0.6 is 0 Å². The molecule has 2 N–H and O–H groups in total. The number of nitro benzene ring substituents is 1. The van der Waals surface area contributed by atoms with Crippen LogP contribution in [-0.4, -0.2) is 53.9 Å². The highest BCUT2D eigenvalue weighted by Crippen LogP contribution is 2.22. The van der Waals surface area contributed by atoms with Gasteiger partial charge in [-0.15, -0.1) is 0 Å². The number of hydrogen-bond acceptors (Lipinski definition) is 5. The largest absolute Gasteiger partial charge is 0.354 e. The van der Waals surface area contributed by atoms with Crippen LogP contribution in [0.3, 0.4) is 0 Å². The molecule has 0 aromatic heterocycles. The van der Waals surface area contributed by atoms with E-state index >= 15 is 0 Å². The summed E-state index contributed by atoms with van der Waals surface area (Å²) >= 11 is 0. The molecule has 27 heavy (non-hydrogen) atoms. The predicted molar refractivity (Wildman–Crippen MR) is 100 cm³/mol. The Labute approximate surface area is 158 Å². The summed E-state index contributed by atoms with van der Waals surface area (Å²) in [4.78, 5) is 37.2. The van der Waals surface area contributed by atoms with Gasteiger partial charge in [0.05, 0.1) is 11.0 Å². The second kappa shape index (κ2) is 8.47. The molecule has 0 spiro atoms. The average Bonchev–Trinajstić information content (AvgIpc) is 3.20. The summed E-state index contributed by atoms with van der Waals surface area (Å²) in [6.07, 6.45) is 3.76. The molecule has 2 heterocycles. The summed E-state index contributed by atoms with van der Waals surface area (Å²) in [5.74, 6) is 0.163. The van der Waals surface area contributed by atoms with E-state index < -0.39 is 4.92 Å². The second-order valence-corrected chi connectivity index (χ2v) is 7.41. The van der Waals surface area contributed by atoms with Crippen molar-refractivity contribution in [2.45, 2.75) is 38.6 Å². The maximum atomic E-state index is 12.8. The van der Waals surface area contributed by atoms with Crippen molar-refractivity contribution in [3.8, 4) is 0 Å². The topological polar surface area (TPSA) is 105 Å². The number of piperidine rings is 1. The zero-order chi connectivity index (χ0) is 19.4. The smallest absolute Gasteiger partial charge is 0.272 e. The Balaban J connectivity index is 1.57. The first kappa shape index (κ1) is 19.3. The van der Waals surface area contributed by atoms with Gasteiger partial charge in [-0.2, -0.15) is 0 Å². The molecule has 2 saturated heterocycles. The van der Waals surface area contributed by atoms with Crippen LogP contribution in [0.5, 0.6) is 0 Å². The Kier molecular flexibility index (Phi) is 6.05. The average molecular weight is 374 g/mol. The summed E-state index contributed by atoms with van der Waals surface area (Å²) in [7, 11) is 0. The highest BCUT2D eigenvalue weighted by Gasteiger charge is 2.27. The van der Waals surface area contributed by atoms with Gasteiger partial charge in [-0.25, -0.2) is 0 Å². The number of hydrogen-bond donors (Lipinski definition) is 2. The molecule has 8 heteroatoms. The molecular formula is C19H26N4O4. The molecule has 2 fully saturated rings. The summed E-state index contributed by atoms with van der Waals surface area (Å²) in [5, 5.41) is 17.1. The fourth-order valence-electron chi connectivity index (χ4n) is 3.87. The quantitative estimate of drug-likeness (QED) is 0.602. The molecule has 8 nitrogen and oxygen atoms in total. The van der Waals surface area contributed by atoms with Crippen LogP contribution in [0, 0.1) is 23.0 Å². The maximum absolute atomic E-state index is 12.8. The lowest BCUT2D eigenvalue weighted by atomic mass is 9.97. The fourth-order valence-corrected chi connectivity index (χ4v) is 3.87. The van der Waals surface area contributed by atoms with E-state index in [2.05, 4.69) is 10.6 Å². The molecule has 2 unspecified atom stereocenters. The van der Waals surface area contributed by atoms with E-state index in [4.69, 9.17) is 0 Å². The molecule has 2 amide bonds. The van der Waals surface area contributed by atoms with Gasteiger partial charge >= 0.3 is 0 Å². The molecule has 2 aliphatic rings. The Bertz CT molecular complexity index is 730. The summed E-state index contributed by atoms with van der Waals surface area (Å²) < 4.78 is 0. The highest BCUT2D eigenvalue weighted by atomic mass is 16.6. The van der Waals surface area contributed by atoms with Crippen molar-refractivity contribution in [3.05, 3.63) is 39.4 Å². The molecule has 2 aliphatic heterocycles.